The molecule has 2 N–H and O–H groups in total. The van der Waals surface area contributed by atoms with Gasteiger partial charge < -0.3 is 4.57 Å². The molecular weight excluding hydrogens is 404 g/mol. The van der Waals surface area contributed by atoms with Gasteiger partial charge in [-0.15, -0.1) is 11.3 Å². The maximum absolute atomic E-state index is 12.1. The number of nitrogens with zero attached hydrogens (tertiary/aromatic N) is 3. The molecule has 0 saturated carbocycles. The highest BCUT2D eigenvalue weighted by molar-refractivity contribution is 7.91. The molecule has 3 heterocycles. The van der Waals surface area contributed by atoms with Crippen molar-refractivity contribution >= 4 is 32.5 Å². The smallest absolute Gasteiger partial charge is 0.248 e. The van der Waals surface area contributed by atoms with Crippen molar-refractivity contribution in [3.8, 4) is 11.1 Å². The van der Waals surface area contributed by atoms with Crippen LogP contribution in [-0.2, 0) is 23.0 Å². The summed E-state index contributed by atoms with van der Waals surface area (Å²) < 4.78 is 26.4. The van der Waals surface area contributed by atoms with Gasteiger partial charge in [0.25, 0.3) is 0 Å². The van der Waals surface area contributed by atoms with Crippen molar-refractivity contribution in [1.29, 1.82) is 0 Å². The van der Waals surface area contributed by atoms with Gasteiger partial charge in [-0.3, -0.25) is 0 Å². The van der Waals surface area contributed by atoms with E-state index in [4.69, 9.17) is 5.14 Å². The highest BCUT2D eigenvalue weighted by atomic mass is 32.2. The van der Waals surface area contributed by atoms with Gasteiger partial charge in [0.2, 0.25) is 10.0 Å². The minimum absolute atomic E-state index is 0.228. The van der Waals surface area contributed by atoms with Crippen molar-refractivity contribution in [2.24, 2.45) is 11.1 Å². The van der Waals surface area contributed by atoms with Crippen LogP contribution in [-0.4, -0.2) is 23.0 Å². The molecule has 8 heteroatoms. The summed E-state index contributed by atoms with van der Waals surface area (Å²) in [4.78, 5) is 9.78. The van der Waals surface area contributed by atoms with Crippen molar-refractivity contribution in [3.63, 3.8) is 0 Å². The van der Waals surface area contributed by atoms with Crippen LogP contribution in [0, 0.1) is 5.92 Å². The Balaban J connectivity index is 1.65. The van der Waals surface area contributed by atoms with Gasteiger partial charge in [-0.05, 0) is 41.7 Å². The number of primary sulfonamides is 1. The van der Waals surface area contributed by atoms with Crippen LogP contribution < -0.4 is 5.14 Å². The minimum Gasteiger partial charge on any atom is -0.311 e. The van der Waals surface area contributed by atoms with E-state index in [0.717, 1.165) is 33.6 Å². The van der Waals surface area contributed by atoms with Gasteiger partial charge in [0.05, 0.1) is 12.9 Å². The van der Waals surface area contributed by atoms with E-state index in [2.05, 4.69) is 23.8 Å². The summed E-state index contributed by atoms with van der Waals surface area (Å²) >= 11 is 1.27. The summed E-state index contributed by atoms with van der Waals surface area (Å²) in [6, 6.07) is 13.6. The third kappa shape index (κ3) is 4.24. The first kappa shape index (κ1) is 19.8. The van der Waals surface area contributed by atoms with E-state index < -0.39 is 10.0 Å². The third-order valence-corrected chi connectivity index (χ3v) is 7.24. The number of sulfonamides is 1. The SMILES string of the molecule is CC(C)Cc1cc(-c2ccc(Cn3cnc4cccnc43)cc2)c(S(N)(=O)=O)s1. The fourth-order valence-electron chi connectivity index (χ4n) is 3.34. The van der Waals surface area contributed by atoms with Crippen LogP contribution in [0.1, 0.15) is 24.3 Å². The molecule has 29 heavy (non-hydrogen) atoms. The lowest BCUT2D eigenvalue weighted by Gasteiger charge is -2.06. The fourth-order valence-corrected chi connectivity index (χ4v) is 5.73. The molecule has 0 spiro atoms. The predicted molar refractivity (Wildman–Crippen MR) is 116 cm³/mol. The van der Waals surface area contributed by atoms with Gasteiger partial charge in [0.15, 0.2) is 5.65 Å². The van der Waals surface area contributed by atoms with E-state index in [1.807, 2.05) is 47.0 Å². The maximum atomic E-state index is 12.1. The molecule has 4 aromatic rings. The van der Waals surface area contributed by atoms with Crippen molar-refractivity contribution in [1.82, 2.24) is 14.5 Å². The standard InChI is InChI=1S/C21H22N4O2S2/c1-14(2)10-17-11-18(21(28-17)29(22,26)27)16-7-5-15(6-8-16)12-25-13-24-19-4-3-9-23-20(19)25/h3-9,11,13-14H,10,12H2,1-2H3,(H2,22,26,27). The van der Waals surface area contributed by atoms with Crippen molar-refractivity contribution < 1.29 is 8.42 Å². The quantitative estimate of drug-likeness (QED) is 0.503. The third-order valence-electron chi connectivity index (χ3n) is 4.61. The zero-order valence-corrected chi connectivity index (χ0v) is 17.9. The highest BCUT2D eigenvalue weighted by Gasteiger charge is 2.20. The Hall–Kier alpha value is -2.55. The topological polar surface area (TPSA) is 90.9 Å². The Morgan fingerprint density at radius 3 is 2.59 bits per heavy atom. The predicted octanol–water partition coefficient (Wildman–Crippen LogP) is 4.05. The minimum atomic E-state index is -3.77. The molecule has 0 radical (unpaired) electrons. The molecule has 0 atom stereocenters. The van der Waals surface area contributed by atoms with Crippen LogP contribution in [0.15, 0.2) is 59.2 Å². The second kappa shape index (κ2) is 7.70. The van der Waals surface area contributed by atoms with E-state index in [9.17, 15) is 8.42 Å². The average molecular weight is 427 g/mol. The summed E-state index contributed by atoms with van der Waals surface area (Å²) in [5.41, 5.74) is 4.29. The molecule has 4 rings (SSSR count). The summed E-state index contributed by atoms with van der Waals surface area (Å²) in [5.74, 6) is 0.441. The Kier molecular flexibility index (Phi) is 5.24. The first-order valence-electron chi connectivity index (χ1n) is 9.32. The second-order valence-electron chi connectivity index (χ2n) is 7.47. The van der Waals surface area contributed by atoms with Gasteiger partial charge in [-0.2, -0.15) is 0 Å². The van der Waals surface area contributed by atoms with Crippen molar-refractivity contribution in [2.45, 2.75) is 31.0 Å². The summed E-state index contributed by atoms with van der Waals surface area (Å²) in [5, 5.41) is 5.48. The van der Waals surface area contributed by atoms with Gasteiger partial charge in [-0.25, -0.2) is 23.5 Å². The number of aromatic nitrogens is 3. The van der Waals surface area contributed by atoms with Gasteiger partial charge in [0, 0.05) is 16.6 Å². The first-order chi connectivity index (χ1) is 13.8. The van der Waals surface area contributed by atoms with E-state index in [-0.39, 0.29) is 4.21 Å². The molecule has 0 amide bonds. The van der Waals surface area contributed by atoms with Crippen molar-refractivity contribution in [3.05, 3.63) is 65.4 Å². The zero-order chi connectivity index (χ0) is 20.6. The number of nitrogens with two attached hydrogens (primary N) is 1. The summed E-state index contributed by atoms with van der Waals surface area (Å²) in [6.07, 6.45) is 4.36. The fraction of sp³-hybridized carbons (Fsp3) is 0.238. The molecule has 0 bridgehead atoms. The largest absolute Gasteiger partial charge is 0.311 e. The van der Waals surface area contributed by atoms with Crippen LogP contribution in [0.25, 0.3) is 22.3 Å². The van der Waals surface area contributed by atoms with Crippen molar-refractivity contribution in [2.75, 3.05) is 0 Å². The Morgan fingerprint density at radius 1 is 1.14 bits per heavy atom. The molecule has 6 nitrogen and oxygen atoms in total. The summed E-state index contributed by atoms with van der Waals surface area (Å²) in [7, 11) is -3.77. The Labute approximate surface area is 174 Å². The first-order valence-corrected chi connectivity index (χ1v) is 11.7. The lowest BCUT2D eigenvalue weighted by molar-refractivity contribution is 0.600. The van der Waals surface area contributed by atoms with Crippen LogP contribution in [0.4, 0.5) is 0 Å². The zero-order valence-electron chi connectivity index (χ0n) is 16.2. The number of pyridine rings is 1. The normalized spacial score (nSPS) is 12.1. The number of hydrogen-bond acceptors (Lipinski definition) is 5. The van der Waals surface area contributed by atoms with Gasteiger partial charge >= 0.3 is 0 Å². The molecule has 0 aliphatic rings. The number of imidazole rings is 1. The van der Waals surface area contributed by atoms with Crippen LogP contribution in [0.3, 0.4) is 0 Å². The number of fused-ring (bicyclic) bond motifs is 1. The molecular formula is C21H22N4O2S2. The lowest BCUT2D eigenvalue weighted by Crippen LogP contribution is -2.11. The van der Waals surface area contributed by atoms with Gasteiger partial charge in [0.1, 0.15) is 9.73 Å². The Bertz CT molecular complexity index is 1260. The van der Waals surface area contributed by atoms with Crippen LogP contribution in [0.2, 0.25) is 0 Å². The number of rotatable bonds is 6. The average Bonchev–Trinajstić information content (AvgIpc) is 3.27. The van der Waals surface area contributed by atoms with E-state index in [1.54, 1.807) is 12.5 Å². The molecule has 0 unspecified atom stereocenters. The maximum Gasteiger partial charge on any atom is 0.248 e. The molecule has 150 valence electrons. The molecule has 0 saturated heterocycles. The number of benzene rings is 1. The highest BCUT2D eigenvalue weighted by Crippen LogP contribution is 2.35. The molecule has 0 aliphatic carbocycles. The second-order valence-corrected chi connectivity index (χ2v) is 10.4. The molecule has 0 fully saturated rings. The monoisotopic (exact) mass is 426 g/mol. The number of hydrogen-bond donors (Lipinski definition) is 1. The molecule has 1 aromatic carbocycles. The van der Waals surface area contributed by atoms with E-state index >= 15 is 0 Å². The van der Waals surface area contributed by atoms with Crippen LogP contribution in [0.5, 0.6) is 0 Å². The number of thiophene rings is 1. The van der Waals surface area contributed by atoms with E-state index in [0.29, 0.717) is 18.0 Å². The molecule has 0 aliphatic heterocycles. The summed E-state index contributed by atoms with van der Waals surface area (Å²) in [6.45, 7) is 4.86. The molecule has 3 aromatic heterocycles. The van der Waals surface area contributed by atoms with Crippen LogP contribution >= 0.6 is 11.3 Å². The Morgan fingerprint density at radius 2 is 1.90 bits per heavy atom. The lowest BCUT2D eigenvalue weighted by atomic mass is 10.0. The van der Waals surface area contributed by atoms with E-state index in [1.165, 1.54) is 11.3 Å². The van der Waals surface area contributed by atoms with Gasteiger partial charge in [-0.1, -0.05) is 38.1 Å².